The van der Waals surface area contributed by atoms with Gasteiger partial charge in [-0.2, -0.15) is 15.0 Å². The van der Waals surface area contributed by atoms with Crippen LogP contribution in [0.1, 0.15) is 0 Å². The van der Waals surface area contributed by atoms with E-state index in [0.29, 0.717) is 17.7 Å². The Morgan fingerprint density at radius 2 is 1.00 bits per heavy atom. The van der Waals surface area contributed by atoms with Gasteiger partial charge in [0.25, 0.3) is 0 Å². The molecule has 0 aliphatic rings. The Hall–Kier alpha value is -6.41. The average molecular weight is 580 g/mol. The summed E-state index contributed by atoms with van der Waals surface area (Å²) in [5, 5.41) is 6.32. The van der Waals surface area contributed by atoms with Gasteiger partial charge in [-0.3, -0.25) is 4.57 Å². The Morgan fingerprint density at radius 3 is 1.69 bits per heavy atom. The Bertz CT molecular complexity index is 2550. The van der Waals surface area contributed by atoms with Crippen LogP contribution in [0.2, 0.25) is 0 Å². The number of rotatable bonds is 3. The van der Waals surface area contributed by atoms with E-state index in [4.69, 9.17) is 29.3 Å². The first-order valence-electron chi connectivity index (χ1n) is 14.7. The molecule has 6 aromatic heterocycles. The molecule has 0 atom stereocenters. The van der Waals surface area contributed by atoms with Gasteiger partial charge in [0, 0.05) is 50.3 Å². The number of furan rings is 1. The van der Waals surface area contributed by atoms with Gasteiger partial charge in [-0.15, -0.1) is 0 Å². The molecule has 8 nitrogen and oxygen atoms in total. The fourth-order valence-electron chi connectivity index (χ4n) is 6.55. The van der Waals surface area contributed by atoms with Crippen LogP contribution in [0.4, 0.5) is 0 Å². The maximum Gasteiger partial charge on any atom is 0.242 e. The second-order valence-corrected chi connectivity index (χ2v) is 11.0. The van der Waals surface area contributed by atoms with Crippen molar-refractivity contribution in [3.8, 4) is 23.3 Å². The fraction of sp³-hybridized carbons (Fsp3) is 0. The molecule has 0 bridgehead atoms. The standard InChI is InChI=1S/C37H21N7O/c1-4-14-29-23(9-1)24-10-2-5-15-30(24)43(29)36-40-33(22-17-18-26-25-11-3-6-16-31(25)45-32(26)21-22)41-37(42-36)44-34-27(12-7-19-38-34)28-13-8-20-39-35(28)44/h1-21H. The third kappa shape index (κ3) is 3.44. The SMILES string of the molecule is c1ccc2c(c1)oc1cc(-c3nc(-n4c5ccccc5c5ccccc54)nc(-n4c5ncccc5c5cccnc54)n3)ccc12. The van der Waals surface area contributed by atoms with Crippen molar-refractivity contribution < 1.29 is 4.42 Å². The summed E-state index contributed by atoms with van der Waals surface area (Å²) in [5.41, 5.74) is 5.90. The number of aromatic nitrogens is 7. The molecule has 10 rings (SSSR count). The van der Waals surface area contributed by atoms with E-state index in [1.165, 1.54) is 0 Å². The van der Waals surface area contributed by atoms with Gasteiger partial charge < -0.3 is 4.42 Å². The van der Waals surface area contributed by atoms with Crippen LogP contribution in [0.25, 0.3) is 89.1 Å². The summed E-state index contributed by atoms with van der Waals surface area (Å²) in [5.74, 6) is 1.44. The highest BCUT2D eigenvalue weighted by Crippen LogP contribution is 2.35. The van der Waals surface area contributed by atoms with Crippen LogP contribution >= 0.6 is 0 Å². The average Bonchev–Trinajstić information content (AvgIpc) is 3.75. The van der Waals surface area contributed by atoms with Crippen molar-refractivity contribution in [1.82, 2.24) is 34.1 Å². The second-order valence-electron chi connectivity index (χ2n) is 11.0. The largest absolute Gasteiger partial charge is 0.456 e. The molecule has 8 heteroatoms. The summed E-state index contributed by atoms with van der Waals surface area (Å²) in [6.45, 7) is 0. The highest BCUT2D eigenvalue weighted by Gasteiger charge is 2.21. The minimum atomic E-state index is 0.430. The highest BCUT2D eigenvalue weighted by atomic mass is 16.3. The van der Waals surface area contributed by atoms with E-state index in [-0.39, 0.29) is 0 Å². The molecular formula is C37H21N7O. The van der Waals surface area contributed by atoms with Crippen LogP contribution in [-0.2, 0) is 0 Å². The van der Waals surface area contributed by atoms with Gasteiger partial charge in [0.2, 0.25) is 11.9 Å². The van der Waals surface area contributed by atoms with Crippen LogP contribution in [0.5, 0.6) is 0 Å². The van der Waals surface area contributed by atoms with Crippen molar-refractivity contribution in [2.24, 2.45) is 0 Å². The lowest BCUT2D eigenvalue weighted by Crippen LogP contribution is -2.10. The van der Waals surface area contributed by atoms with E-state index in [2.05, 4.69) is 53.1 Å². The van der Waals surface area contributed by atoms with Gasteiger partial charge in [-0.05, 0) is 54.6 Å². The number of benzene rings is 4. The Morgan fingerprint density at radius 1 is 0.444 bits per heavy atom. The molecule has 0 unspecified atom stereocenters. The van der Waals surface area contributed by atoms with Gasteiger partial charge in [-0.25, -0.2) is 14.5 Å². The monoisotopic (exact) mass is 579 g/mol. The summed E-state index contributed by atoms with van der Waals surface area (Å²) < 4.78 is 10.3. The highest BCUT2D eigenvalue weighted by molar-refractivity contribution is 6.09. The van der Waals surface area contributed by atoms with Crippen molar-refractivity contribution in [3.63, 3.8) is 0 Å². The predicted molar refractivity (Wildman–Crippen MR) is 177 cm³/mol. The lowest BCUT2D eigenvalue weighted by Gasteiger charge is -2.12. The lowest BCUT2D eigenvalue weighted by molar-refractivity contribution is 0.669. The molecule has 4 aromatic carbocycles. The van der Waals surface area contributed by atoms with Gasteiger partial charge in [0.15, 0.2) is 5.82 Å². The van der Waals surface area contributed by atoms with Crippen molar-refractivity contribution in [1.29, 1.82) is 0 Å². The molecule has 0 radical (unpaired) electrons. The fourth-order valence-corrected chi connectivity index (χ4v) is 6.55. The zero-order valence-corrected chi connectivity index (χ0v) is 23.7. The van der Waals surface area contributed by atoms with Crippen LogP contribution in [0, 0.1) is 0 Å². The number of hydrogen-bond donors (Lipinski definition) is 0. The topological polar surface area (TPSA) is 87.5 Å². The summed E-state index contributed by atoms with van der Waals surface area (Å²) >= 11 is 0. The van der Waals surface area contributed by atoms with Crippen molar-refractivity contribution in [2.75, 3.05) is 0 Å². The van der Waals surface area contributed by atoms with E-state index >= 15 is 0 Å². The molecule has 0 saturated carbocycles. The molecular weight excluding hydrogens is 558 g/mol. The van der Waals surface area contributed by atoms with Gasteiger partial charge in [0.1, 0.15) is 22.5 Å². The molecule has 210 valence electrons. The van der Waals surface area contributed by atoms with E-state index in [0.717, 1.165) is 71.4 Å². The summed E-state index contributed by atoms with van der Waals surface area (Å²) in [4.78, 5) is 24.9. The molecule has 0 fully saturated rings. The van der Waals surface area contributed by atoms with E-state index in [9.17, 15) is 0 Å². The molecule has 0 amide bonds. The second kappa shape index (κ2) is 9.05. The predicted octanol–water partition coefficient (Wildman–Crippen LogP) is 8.42. The van der Waals surface area contributed by atoms with Crippen molar-refractivity contribution in [2.45, 2.75) is 0 Å². The van der Waals surface area contributed by atoms with E-state index in [1.54, 1.807) is 12.4 Å². The van der Waals surface area contributed by atoms with Gasteiger partial charge >= 0.3 is 0 Å². The van der Waals surface area contributed by atoms with E-state index in [1.807, 2.05) is 71.3 Å². The van der Waals surface area contributed by atoms with E-state index < -0.39 is 0 Å². The molecule has 45 heavy (non-hydrogen) atoms. The first-order valence-corrected chi connectivity index (χ1v) is 14.7. The maximum atomic E-state index is 6.25. The third-order valence-electron chi connectivity index (χ3n) is 8.52. The van der Waals surface area contributed by atoms with Gasteiger partial charge in [-0.1, -0.05) is 60.7 Å². The number of nitrogens with zero attached hydrogens (tertiary/aromatic N) is 7. The number of para-hydroxylation sites is 3. The number of hydrogen-bond acceptors (Lipinski definition) is 6. The first-order chi connectivity index (χ1) is 22.3. The molecule has 0 aliphatic heterocycles. The lowest BCUT2D eigenvalue weighted by atomic mass is 10.1. The molecule has 10 aromatic rings. The maximum absolute atomic E-state index is 6.25. The van der Waals surface area contributed by atoms with Gasteiger partial charge in [0.05, 0.1) is 11.0 Å². The van der Waals surface area contributed by atoms with Crippen LogP contribution in [-0.4, -0.2) is 34.1 Å². The summed E-state index contributed by atoms with van der Waals surface area (Å²) in [7, 11) is 0. The Kier molecular flexibility index (Phi) is 4.84. The molecule has 6 heterocycles. The summed E-state index contributed by atoms with van der Waals surface area (Å²) in [6.07, 6.45) is 3.56. The molecule has 0 aliphatic carbocycles. The molecule has 0 saturated heterocycles. The minimum Gasteiger partial charge on any atom is -0.456 e. The van der Waals surface area contributed by atoms with Crippen LogP contribution in [0.3, 0.4) is 0 Å². The van der Waals surface area contributed by atoms with Crippen molar-refractivity contribution in [3.05, 3.63) is 128 Å². The van der Waals surface area contributed by atoms with Crippen LogP contribution < -0.4 is 0 Å². The third-order valence-corrected chi connectivity index (χ3v) is 8.52. The van der Waals surface area contributed by atoms with Crippen LogP contribution in [0.15, 0.2) is 132 Å². The smallest absolute Gasteiger partial charge is 0.242 e. The number of pyridine rings is 2. The number of fused-ring (bicyclic) bond motifs is 9. The normalized spacial score (nSPS) is 12.0. The molecule has 0 spiro atoms. The Balaban J connectivity index is 1.31. The van der Waals surface area contributed by atoms with Crippen molar-refractivity contribution >= 4 is 65.8 Å². The molecule has 0 N–H and O–H groups in total. The summed E-state index contributed by atoms with van der Waals surface area (Å²) in [6, 6.07) is 38.8. The zero-order valence-electron chi connectivity index (χ0n) is 23.7. The zero-order chi connectivity index (χ0) is 29.5. The minimum absolute atomic E-state index is 0.430. The quantitative estimate of drug-likeness (QED) is 0.209. The Labute approximate surface area is 254 Å². The first kappa shape index (κ1) is 24.1.